The summed E-state index contributed by atoms with van der Waals surface area (Å²) in [6.07, 6.45) is 9.02. The molecule has 0 spiro atoms. The summed E-state index contributed by atoms with van der Waals surface area (Å²) in [5.74, 6) is 1.60. The molecule has 0 unspecified atom stereocenters. The normalized spacial score (nSPS) is 17.0. The van der Waals surface area contributed by atoms with Crippen LogP contribution >= 0.6 is 0 Å². The van der Waals surface area contributed by atoms with Gasteiger partial charge in [0.05, 0.1) is 11.8 Å². The Morgan fingerprint density at radius 3 is 2.79 bits per heavy atom. The predicted octanol–water partition coefficient (Wildman–Crippen LogP) is 3.71. The van der Waals surface area contributed by atoms with Crippen LogP contribution in [0.15, 0.2) is 59.6 Å². The van der Waals surface area contributed by atoms with E-state index in [2.05, 4.69) is 4.98 Å². The van der Waals surface area contributed by atoms with Gasteiger partial charge in [0.15, 0.2) is 11.5 Å². The summed E-state index contributed by atoms with van der Waals surface area (Å²) in [6, 6.07) is 9.71. The minimum Gasteiger partial charge on any atom is -0.469 e. The van der Waals surface area contributed by atoms with Crippen molar-refractivity contribution in [3.8, 4) is 11.1 Å². The molecule has 4 aromatic rings. The second-order valence-corrected chi connectivity index (χ2v) is 7.41. The number of aryl methyl sites for hydroxylation is 1. The van der Waals surface area contributed by atoms with Gasteiger partial charge in [-0.05, 0) is 55.7 Å². The third-order valence-corrected chi connectivity index (χ3v) is 5.52. The SMILES string of the molecule is Cc1occc1C(=O)N1CCC[C@H](c2nc3ccc(-c4ccncc4)cn3n2)C1. The molecule has 7 nitrogen and oxygen atoms in total. The number of piperidine rings is 1. The second-order valence-electron chi connectivity index (χ2n) is 7.41. The number of carbonyl (C=O) groups is 1. The molecule has 1 amide bonds. The van der Waals surface area contributed by atoms with Gasteiger partial charge in [-0.1, -0.05) is 0 Å². The van der Waals surface area contributed by atoms with E-state index in [1.807, 2.05) is 46.8 Å². The number of aromatic nitrogens is 4. The smallest absolute Gasteiger partial charge is 0.257 e. The predicted molar refractivity (Wildman–Crippen MR) is 108 cm³/mol. The van der Waals surface area contributed by atoms with Crippen molar-refractivity contribution in [2.75, 3.05) is 13.1 Å². The second kappa shape index (κ2) is 7.16. The standard InChI is InChI=1S/C22H21N5O2/c1-15-19(8-12-29-15)22(28)26-11-2-3-18(13-26)21-24-20-5-4-17(14-27(20)25-21)16-6-9-23-10-7-16/h4-10,12,14,18H,2-3,11,13H2,1H3/t18-/m0/s1. The zero-order valence-electron chi connectivity index (χ0n) is 16.2. The van der Waals surface area contributed by atoms with Crippen molar-refractivity contribution in [2.45, 2.75) is 25.7 Å². The number of hydrogen-bond acceptors (Lipinski definition) is 5. The van der Waals surface area contributed by atoms with E-state index in [1.54, 1.807) is 24.7 Å². The molecule has 0 saturated carbocycles. The van der Waals surface area contributed by atoms with E-state index in [0.29, 0.717) is 17.9 Å². The highest BCUT2D eigenvalue weighted by molar-refractivity contribution is 5.95. The number of nitrogens with zero attached hydrogens (tertiary/aromatic N) is 5. The van der Waals surface area contributed by atoms with Crippen LogP contribution < -0.4 is 0 Å². The van der Waals surface area contributed by atoms with Crippen molar-refractivity contribution in [3.63, 3.8) is 0 Å². The number of pyridine rings is 2. The van der Waals surface area contributed by atoms with Crippen molar-refractivity contribution in [1.29, 1.82) is 0 Å². The van der Waals surface area contributed by atoms with Gasteiger partial charge in [0.1, 0.15) is 5.76 Å². The molecule has 0 aromatic carbocycles. The molecule has 1 atom stereocenters. The molecule has 7 heteroatoms. The Balaban J connectivity index is 1.40. The van der Waals surface area contributed by atoms with Crippen LogP contribution in [0.3, 0.4) is 0 Å². The van der Waals surface area contributed by atoms with Crippen LogP contribution in [0.1, 0.15) is 40.7 Å². The highest BCUT2D eigenvalue weighted by atomic mass is 16.3. The fourth-order valence-electron chi connectivity index (χ4n) is 3.94. The molecule has 1 saturated heterocycles. The first kappa shape index (κ1) is 17.6. The van der Waals surface area contributed by atoms with Crippen LogP contribution in [0.5, 0.6) is 0 Å². The summed E-state index contributed by atoms with van der Waals surface area (Å²) in [6.45, 7) is 3.19. The molecule has 0 radical (unpaired) electrons. The third kappa shape index (κ3) is 3.29. The average Bonchev–Trinajstić information content (AvgIpc) is 3.39. The first-order chi connectivity index (χ1) is 14.2. The van der Waals surface area contributed by atoms with E-state index < -0.39 is 0 Å². The fourth-order valence-corrected chi connectivity index (χ4v) is 3.94. The molecule has 5 heterocycles. The number of likely N-dealkylation sites (tertiary alicyclic amines) is 1. The molecule has 1 aliphatic rings. The molecule has 1 fully saturated rings. The van der Waals surface area contributed by atoms with Crippen LogP contribution in [0.25, 0.3) is 16.8 Å². The summed E-state index contributed by atoms with van der Waals surface area (Å²) in [5, 5.41) is 4.73. The van der Waals surface area contributed by atoms with Crippen molar-refractivity contribution >= 4 is 11.6 Å². The lowest BCUT2D eigenvalue weighted by Gasteiger charge is -2.31. The van der Waals surface area contributed by atoms with Gasteiger partial charge in [-0.25, -0.2) is 9.50 Å². The maximum Gasteiger partial charge on any atom is 0.257 e. The molecule has 0 bridgehead atoms. The van der Waals surface area contributed by atoms with Gasteiger partial charge in [0.25, 0.3) is 5.91 Å². The van der Waals surface area contributed by atoms with E-state index in [-0.39, 0.29) is 11.8 Å². The molecule has 29 heavy (non-hydrogen) atoms. The summed E-state index contributed by atoms with van der Waals surface area (Å²) in [4.78, 5) is 23.5. The van der Waals surface area contributed by atoms with Gasteiger partial charge in [0.2, 0.25) is 0 Å². The van der Waals surface area contributed by atoms with Gasteiger partial charge in [-0.3, -0.25) is 9.78 Å². The number of amides is 1. The molecule has 0 N–H and O–H groups in total. The van der Waals surface area contributed by atoms with Crippen LogP contribution in [0, 0.1) is 6.92 Å². The maximum atomic E-state index is 12.8. The van der Waals surface area contributed by atoms with Crippen LogP contribution in [-0.2, 0) is 0 Å². The zero-order chi connectivity index (χ0) is 19.8. The van der Waals surface area contributed by atoms with Gasteiger partial charge in [0, 0.05) is 43.2 Å². The van der Waals surface area contributed by atoms with Gasteiger partial charge < -0.3 is 9.32 Å². The van der Waals surface area contributed by atoms with Gasteiger partial charge in [-0.15, -0.1) is 0 Å². The van der Waals surface area contributed by atoms with Crippen molar-refractivity contribution < 1.29 is 9.21 Å². The molecule has 146 valence electrons. The highest BCUT2D eigenvalue weighted by Gasteiger charge is 2.29. The Morgan fingerprint density at radius 2 is 2.00 bits per heavy atom. The minimum atomic E-state index is 0.0182. The molecule has 0 aliphatic carbocycles. The lowest BCUT2D eigenvalue weighted by Crippen LogP contribution is -2.39. The van der Waals surface area contributed by atoms with Crippen LogP contribution in [0.4, 0.5) is 0 Å². The fraction of sp³-hybridized carbons (Fsp3) is 0.273. The molecule has 1 aliphatic heterocycles. The Kier molecular flexibility index (Phi) is 4.35. The largest absolute Gasteiger partial charge is 0.469 e. The summed E-state index contributed by atoms with van der Waals surface area (Å²) in [7, 11) is 0. The first-order valence-electron chi connectivity index (χ1n) is 9.79. The third-order valence-electron chi connectivity index (χ3n) is 5.52. The summed E-state index contributed by atoms with van der Waals surface area (Å²) in [5.41, 5.74) is 3.60. The number of hydrogen-bond donors (Lipinski definition) is 0. The summed E-state index contributed by atoms with van der Waals surface area (Å²) >= 11 is 0. The van der Waals surface area contributed by atoms with E-state index >= 15 is 0 Å². The lowest BCUT2D eigenvalue weighted by molar-refractivity contribution is 0.0703. The Labute approximate surface area is 168 Å². The molecule has 5 rings (SSSR count). The zero-order valence-corrected chi connectivity index (χ0v) is 16.2. The van der Waals surface area contributed by atoms with Crippen LogP contribution in [0.2, 0.25) is 0 Å². The monoisotopic (exact) mass is 387 g/mol. The minimum absolute atomic E-state index is 0.0182. The first-order valence-corrected chi connectivity index (χ1v) is 9.79. The maximum absolute atomic E-state index is 12.8. The Bertz CT molecular complexity index is 1160. The van der Waals surface area contributed by atoms with Gasteiger partial charge in [-0.2, -0.15) is 5.10 Å². The lowest BCUT2D eigenvalue weighted by atomic mass is 9.97. The van der Waals surface area contributed by atoms with Crippen LogP contribution in [-0.4, -0.2) is 43.5 Å². The quantitative estimate of drug-likeness (QED) is 0.536. The Morgan fingerprint density at radius 1 is 1.14 bits per heavy atom. The molecular weight excluding hydrogens is 366 g/mol. The van der Waals surface area contributed by atoms with E-state index in [0.717, 1.165) is 42.0 Å². The number of carbonyl (C=O) groups excluding carboxylic acids is 1. The topological polar surface area (TPSA) is 76.5 Å². The number of furan rings is 1. The van der Waals surface area contributed by atoms with Crippen molar-refractivity contribution in [1.82, 2.24) is 24.5 Å². The Hall–Kier alpha value is -3.48. The average molecular weight is 387 g/mol. The van der Waals surface area contributed by atoms with E-state index in [9.17, 15) is 4.79 Å². The highest BCUT2D eigenvalue weighted by Crippen LogP contribution is 2.27. The van der Waals surface area contributed by atoms with Gasteiger partial charge >= 0.3 is 0 Å². The van der Waals surface area contributed by atoms with Crippen molar-refractivity contribution in [2.24, 2.45) is 0 Å². The molecular formula is C22H21N5O2. The summed E-state index contributed by atoms with van der Waals surface area (Å²) < 4.78 is 7.12. The number of rotatable bonds is 3. The van der Waals surface area contributed by atoms with E-state index in [1.165, 1.54) is 0 Å². The molecule has 4 aromatic heterocycles. The number of fused-ring (bicyclic) bond motifs is 1. The van der Waals surface area contributed by atoms with E-state index in [4.69, 9.17) is 14.5 Å². The van der Waals surface area contributed by atoms with Crippen molar-refractivity contribution in [3.05, 3.63) is 72.3 Å².